The van der Waals surface area contributed by atoms with Gasteiger partial charge in [-0.05, 0) is 38.5 Å². The topological polar surface area (TPSA) is 210 Å². The molecule has 0 aromatic carbocycles. The molecule has 1 saturated carbocycles. The summed E-state index contributed by atoms with van der Waals surface area (Å²) in [5.41, 5.74) is 0. The maximum Gasteiger partial charge on any atom is 0.472 e. The van der Waals surface area contributed by atoms with Crippen LogP contribution >= 0.6 is 7.82 Å². The highest BCUT2D eigenvalue weighted by Gasteiger charge is 2.51. The number of hydrogen-bond acceptors (Lipinski definition) is 12. The molecule has 0 saturated heterocycles. The van der Waals surface area contributed by atoms with Gasteiger partial charge >= 0.3 is 19.8 Å². The minimum Gasteiger partial charge on any atom is -0.462 e. The van der Waals surface area contributed by atoms with Crippen molar-refractivity contribution >= 4 is 19.8 Å². The van der Waals surface area contributed by atoms with Crippen molar-refractivity contribution in [3.8, 4) is 0 Å². The fraction of sp³-hybridized carbons (Fsp3) is 0.915. The summed E-state index contributed by atoms with van der Waals surface area (Å²) in [5, 5.41) is 50.2. The first kappa shape index (κ1) is 57.6. The van der Waals surface area contributed by atoms with Crippen molar-refractivity contribution in [1.82, 2.24) is 0 Å². The van der Waals surface area contributed by atoms with Gasteiger partial charge in [0.25, 0.3) is 0 Å². The first-order valence-electron chi connectivity index (χ1n) is 24.5. The van der Waals surface area contributed by atoms with E-state index in [-0.39, 0.29) is 12.8 Å². The van der Waals surface area contributed by atoms with Crippen LogP contribution in [0.3, 0.4) is 0 Å². The number of esters is 2. The van der Waals surface area contributed by atoms with Gasteiger partial charge in [0.15, 0.2) is 6.10 Å². The molecule has 0 aromatic rings. The van der Waals surface area contributed by atoms with E-state index in [9.17, 15) is 44.6 Å². The number of unbranched alkanes of at least 4 members (excludes halogenated alkanes) is 27. The van der Waals surface area contributed by atoms with Crippen molar-refractivity contribution in [1.29, 1.82) is 0 Å². The zero-order chi connectivity index (χ0) is 45.0. The predicted octanol–water partition coefficient (Wildman–Crippen LogP) is 9.84. The lowest BCUT2D eigenvalue weighted by Gasteiger charge is -2.41. The Kier molecular flexibility index (Phi) is 35.8. The van der Waals surface area contributed by atoms with Gasteiger partial charge in [0.05, 0.1) is 6.61 Å². The van der Waals surface area contributed by atoms with Gasteiger partial charge in [-0.2, -0.15) is 0 Å². The maximum absolute atomic E-state index is 12.8. The van der Waals surface area contributed by atoms with Gasteiger partial charge in [-0.15, -0.1) is 0 Å². The first-order chi connectivity index (χ1) is 29.4. The fourth-order valence-corrected chi connectivity index (χ4v) is 8.61. The van der Waals surface area contributed by atoms with Crippen LogP contribution in [-0.4, -0.2) is 98.3 Å². The summed E-state index contributed by atoms with van der Waals surface area (Å²) in [7, 11) is -5.11. The fourth-order valence-electron chi connectivity index (χ4n) is 7.64. The number of carbonyl (C=O) groups is 2. The van der Waals surface area contributed by atoms with E-state index in [2.05, 4.69) is 26.0 Å². The number of carbonyl (C=O) groups excluding carboxylic acids is 2. The summed E-state index contributed by atoms with van der Waals surface area (Å²) in [6, 6.07) is 0. The molecule has 0 heterocycles. The van der Waals surface area contributed by atoms with Crippen molar-refractivity contribution in [2.75, 3.05) is 13.2 Å². The van der Waals surface area contributed by atoms with Crippen LogP contribution in [-0.2, 0) is 32.7 Å². The molecule has 6 N–H and O–H groups in total. The van der Waals surface area contributed by atoms with E-state index >= 15 is 0 Å². The summed E-state index contributed by atoms with van der Waals surface area (Å²) < 4.78 is 33.6. The number of hydrogen-bond donors (Lipinski definition) is 6. The maximum atomic E-state index is 12.8. The van der Waals surface area contributed by atoms with Crippen molar-refractivity contribution < 1.29 is 63.1 Å². The predicted molar refractivity (Wildman–Crippen MR) is 240 cm³/mol. The van der Waals surface area contributed by atoms with E-state index < -0.39 is 75.7 Å². The molecule has 8 atom stereocenters. The summed E-state index contributed by atoms with van der Waals surface area (Å²) in [6.07, 6.45) is 26.9. The number of phosphoric ester groups is 1. The number of aliphatic hydroxyl groups excluding tert-OH is 5. The molecule has 1 aliphatic rings. The zero-order valence-corrected chi connectivity index (χ0v) is 39.1. The summed E-state index contributed by atoms with van der Waals surface area (Å²) in [5.74, 6) is -1.09. The summed E-state index contributed by atoms with van der Waals surface area (Å²) in [4.78, 5) is 35.7. The van der Waals surface area contributed by atoms with E-state index in [4.69, 9.17) is 18.5 Å². The molecule has 14 heteroatoms. The van der Waals surface area contributed by atoms with Crippen LogP contribution in [0.5, 0.6) is 0 Å². The highest BCUT2D eigenvalue weighted by molar-refractivity contribution is 7.47. The van der Waals surface area contributed by atoms with E-state index in [1.807, 2.05) is 0 Å². The summed E-state index contributed by atoms with van der Waals surface area (Å²) in [6.45, 7) is 3.32. The Hall–Kier alpha value is -1.41. The minimum atomic E-state index is -5.11. The van der Waals surface area contributed by atoms with E-state index in [1.54, 1.807) is 0 Å². The quantitative estimate of drug-likeness (QED) is 0.0146. The SMILES string of the molecule is CCCCCCCC/C=C\CCCCCCCCCC(=O)O[C@H](COC(=O)CCCCCCCCCCCCCCCCC)COP(=O)(O)OC1C(O)C(O)C(O)[C@@H](O)C1O. The monoisotopic (exact) mass is 893 g/mol. The van der Waals surface area contributed by atoms with Crippen LogP contribution in [0.1, 0.15) is 219 Å². The van der Waals surface area contributed by atoms with E-state index in [1.165, 1.54) is 128 Å². The van der Waals surface area contributed by atoms with Gasteiger partial charge in [0.2, 0.25) is 0 Å². The molecule has 0 aliphatic heterocycles. The summed E-state index contributed by atoms with van der Waals surface area (Å²) >= 11 is 0. The third kappa shape index (κ3) is 30.4. The molecule has 0 aromatic heterocycles. The molecular formula is C47H89O13P. The number of allylic oxidation sites excluding steroid dienone is 2. The highest BCUT2D eigenvalue weighted by Crippen LogP contribution is 2.47. The van der Waals surface area contributed by atoms with Gasteiger partial charge < -0.3 is 39.9 Å². The number of aliphatic hydroxyl groups is 5. The Balaban J connectivity index is 2.42. The standard InChI is InChI=1S/C47H89O13P/c1-3-5-7-9-11-13-15-17-19-20-22-24-26-28-30-32-34-36-41(49)59-39(38-58-61(55,56)60-47-45(53)43(51)42(50)44(52)46(47)54)37-57-40(48)35-33-31-29-27-25-23-21-18-16-14-12-10-8-6-4-2/h17,19,39,42-47,50-54H,3-16,18,20-38H2,1-2H3,(H,55,56)/b19-17-/t39-,42?,43-,44?,45?,46?,47?/m1/s1. The Morgan fingerprint density at radius 1 is 0.492 bits per heavy atom. The van der Waals surface area contributed by atoms with E-state index in [0.29, 0.717) is 12.8 Å². The van der Waals surface area contributed by atoms with Crippen LogP contribution in [0.15, 0.2) is 12.2 Å². The van der Waals surface area contributed by atoms with Crippen molar-refractivity contribution in [3.05, 3.63) is 12.2 Å². The average Bonchev–Trinajstić information content (AvgIpc) is 3.24. The number of rotatable bonds is 41. The lowest BCUT2D eigenvalue weighted by Crippen LogP contribution is -2.64. The van der Waals surface area contributed by atoms with E-state index in [0.717, 1.165) is 51.4 Å². The van der Waals surface area contributed by atoms with Crippen molar-refractivity contribution in [2.45, 2.75) is 262 Å². The Bertz CT molecular complexity index is 1120. The van der Waals surface area contributed by atoms with Crippen LogP contribution < -0.4 is 0 Å². The molecule has 61 heavy (non-hydrogen) atoms. The van der Waals surface area contributed by atoms with Crippen LogP contribution in [0.25, 0.3) is 0 Å². The lowest BCUT2D eigenvalue weighted by atomic mass is 9.85. The van der Waals surface area contributed by atoms with Crippen LogP contribution in [0, 0.1) is 0 Å². The molecule has 1 aliphatic carbocycles. The second-order valence-corrected chi connectivity index (χ2v) is 18.7. The van der Waals surface area contributed by atoms with Gasteiger partial charge in [-0.25, -0.2) is 4.57 Å². The molecule has 0 radical (unpaired) electrons. The first-order valence-corrected chi connectivity index (χ1v) is 26.0. The van der Waals surface area contributed by atoms with Crippen molar-refractivity contribution in [2.24, 2.45) is 0 Å². The number of ether oxygens (including phenoxy) is 2. The normalized spacial score (nSPS) is 22.0. The molecule has 0 spiro atoms. The third-order valence-electron chi connectivity index (χ3n) is 11.6. The number of phosphoric acid groups is 1. The third-order valence-corrected chi connectivity index (χ3v) is 12.6. The van der Waals surface area contributed by atoms with Gasteiger partial charge in [-0.1, -0.05) is 180 Å². The van der Waals surface area contributed by atoms with Crippen LogP contribution in [0.2, 0.25) is 0 Å². The van der Waals surface area contributed by atoms with Gasteiger partial charge in [0.1, 0.15) is 43.2 Å². The smallest absolute Gasteiger partial charge is 0.462 e. The molecule has 360 valence electrons. The highest BCUT2D eigenvalue weighted by atomic mass is 31.2. The molecule has 13 nitrogen and oxygen atoms in total. The Labute approximate surface area is 369 Å². The molecule has 1 fully saturated rings. The largest absolute Gasteiger partial charge is 0.472 e. The molecule has 0 bridgehead atoms. The molecule has 1 rings (SSSR count). The average molecular weight is 893 g/mol. The lowest BCUT2D eigenvalue weighted by molar-refractivity contribution is -0.220. The van der Waals surface area contributed by atoms with Crippen LogP contribution in [0.4, 0.5) is 0 Å². The van der Waals surface area contributed by atoms with Gasteiger partial charge in [-0.3, -0.25) is 18.6 Å². The van der Waals surface area contributed by atoms with Gasteiger partial charge in [0, 0.05) is 12.8 Å². The molecule has 6 unspecified atom stereocenters. The second-order valence-electron chi connectivity index (χ2n) is 17.3. The zero-order valence-electron chi connectivity index (χ0n) is 38.2. The Morgan fingerprint density at radius 3 is 1.25 bits per heavy atom. The van der Waals surface area contributed by atoms with Crippen molar-refractivity contribution in [3.63, 3.8) is 0 Å². The Morgan fingerprint density at radius 2 is 0.836 bits per heavy atom. The second kappa shape index (κ2) is 37.9. The minimum absolute atomic E-state index is 0.0960. The molecular weight excluding hydrogens is 803 g/mol. The molecule has 0 amide bonds.